The molecule has 0 amide bonds. The van der Waals surface area contributed by atoms with Crippen molar-refractivity contribution in [2.75, 3.05) is 26.7 Å². The summed E-state index contributed by atoms with van der Waals surface area (Å²) in [5, 5.41) is 6.73. The molecule has 3 rings (SSSR count). The van der Waals surface area contributed by atoms with Crippen LogP contribution in [-0.2, 0) is 11.3 Å². The summed E-state index contributed by atoms with van der Waals surface area (Å²) < 4.78 is 5.68. The molecule has 2 atom stereocenters. The molecule has 4 heteroatoms. The van der Waals surface area contributed by atoms with E-state index in [1.165, 1.54) is 17.5 Å². The first-order valence-electron chi connectivity index (χ1n) is 8.98. The second-order valence-corrected chi connectivity index (χ2v) is 6.43. The van der Waals surface area contributed by atoms with Crippen molar-refractivity contribution >= 4 is 5.96 Å². The van der Waals surface area contributed by atoms with Crippen LogP contribution < -0.4 is 10.6 Å². The van der Waals surface area contributed by atoms with Gasteiger partial charge in [0, 0.05) is 20.1 Å². The normalized spacial score (nSPS) is 19.5. The first-order valence-corrected chi connectivity index (χ1v) is 8.98. The van der Waals surface area contributed by atoms with E-state index in [4.69, 9.17) is 4.74 Å². The molecule has 1 aliphatic carbocycles. The highest BCUT2D eigenvalue weighted by atomic mass is 16.5. The zero-order chi connectivity index (χ0) is 17.3. The molecule has 0 spiro atoms. The highest BCUT2D eigenvalue weighted by Crippen LogP contribution is 2.46. The first-order chi connectivity index (χ1) is 12.4. The minimum absolute atomic E-state index is 0.648. The van der Waals surface area contributed by atoms with Crippen molar-refractivity contribution in [1.82, 2.24) is 10.6 Å². The smallest absolute Gasteiger partial charge is 0.191 e. The first kappa shape index (κ1) is 17.5. The third-order valence-electron chi connectivity index (χ3n) is 4.56. The number of benzene rings is 2. The third-order valence-corrected chi connectivity index (χ3v) is 4.56. The highest BCUT2D eigenvalue weighted by molar-refractivity contribution is 5.79. The number of guanidine groups is 1. The average molecular weight is 337 g/mol. The molecule has 0 radical (unpaired) electrons. The van der Waals surface area contributed by atoms with Crippen LogP contribution in [0.4, 0.5) is 0 Å². The third kappa shape index (κ3) is 5.61. The van der Waals surface area contributed by atoms with Crippen LogP contribution in [0.3, 0.4) is 0 Å². The number of ether oxygens (including phenoxy) is 1. The van der Waals surface area contributed by atoms with Gasteiger partial charge in [-0.3, -0.25) is 4.99 Å². The number of rotatable bonds is 8. The molecule has 0 heterocycles. The number of hydrogen-bond donors (Lipinski definition) is 2. The van der Waals surface area contributed by atoms with E-state index in [0.29, 0.717) is 25.0 Å². The zero-order valence-corrected chi connectivity index (χ0v) is 14.8. The molecule has 25 heavy (non-hydrogen) atoms. The summed E-state index contributed by atoms with van der Waals surface area (Å²) in [5.41, 5.74) is 2.65. The number of hydrogen-bond acceptors (Lipinski definition) is 2. The molecule has 2 aromatic rings. The Bertz CT molecular complexity index is 657. The lowest BCUT2D eigenvalue weighted by Gasteiger charge is -2.12. The van der Waals surface area contributed by atoms with Gasteiger partial charge in [0.25, 0.3) is 0 Å². The Morgan fingerprint density at radius 1 is 1.04 bits per heavy atom. The zero-order valence-electron chi connectivity index (χ0n) is 14.8. The van der Waals surface area contributed by atoms with Gasteiger partial charge >= 0.3 is 0 Å². The molecule has 1 aliphatic rings. The van der Waals surface area contributed by atoms with E-state index in [9.17, 15) is 0 Å². The van der Waals surface area contributed by atoms with Crippen LogP contribution in [0.15, 0.2) is 65.7 Å². The van der Waals surface area contributed by atoms with Crippen LogP contribution in [0.1, 0.15) is 23.5 Å². The molecule has 0 bridgehead atoms. The van der Waals surface area contributed by atoms with Crippen molar-refractivity contribution in [2.45, 2.75) is 18.9 Å². The Kier molecular flexibility index (Phi) is 6.46. The molecule has 132 valence electrons. The number of nitrogens with zero attached hydrogens (tertiary/aromatic N) is 1. The molecule has 4 nitrogen and oxygen atoms in total. The Hall–Kier alpha value is -2.33. The lowest BCUT2D eigenvalue weighted by atomic mass is 10.1. The minimum atomic E-state index is 0.648. The van der Waals surface area contributed by atoms with Crippen molar-refractivity contribution in [2.24, 2.45) is 10.9 Å². The van der Waals surface area contributed by atoms with Gasteiger partial charge in [0.2, 0.25) is 0 Å². The van der Waals surface area contributed by atoms with Crippen molar-refractivity contribution in [3.8, 4) is 0 Å². The maximum atomic E-state index is 5.68. The Morgan fingerprint density at radius 2 is 1.76 bits per heavy atom. The fourth-order valence-electron chi connectivity index (χ4n) is 3.04. The number of aliphatic imine (C=N–C) groups is 1. The Morgan fingerprint density at radius 3 is 2.48 bits per heavy atom. The summed E-state index contributed by atoms with van der Waals surface area (Å²) in [5.74, 6) is 2.25. The van der Waals surface area contributed by atoms with Crippen LogP contribution in [-0.4, -0.2) is 32.7 Å². The summed E-state index contributed by atoms with van der Waals surface area (Å²) in [6, 6.07) is 21.0. The fraction of sp³-hybridized carbons (Fsp3) is 0.381. The summed E-state index contributed by atoms with van der Waals surface area (Å²) in [7, 11) is 1.81. The van der Waals surface area contributed by atoms with Crippen molar-refractivity contribution in [3.63, 3.8) is 0 Å². The average Bonchev–Trinajstić information content (AvgIpc) is 3.45. The summed E-state index contributed by atoms with van der Waals surface area (Å²) in [4.78, 5) is 4.28. The van der Waals surface area contributed by atoms with E-state index in [2.05, 4.69) is 58.1 Å². The van der Waals surface area contributed by atoms with E-state index in [1.807, 2.05) is 25.2 Å². The molecule has 1 fully saturated rings. The van der Waals surface area contributed by atoms with E-state index < -0.39 is 0 Å². The van der Waals surface area contributed by atoms with E-state index in [-0.39, 0.29) is 0 Å². The SMILES string of the molecule is CN=C(NCCOCc1ccccc1)NCC1CC1c1ccccc1. The van der Waals surface area contributed by atoms with Crippen molar-refractivity contribution < 1.29 is 4.74 Å². The molecule has 2 N–H and O–H groups in total. The van der Waals surface area contributed by atoms with Crippen LogP contribution in [0.25, 0.3) is 0 Å². The van der Waals surface area contributed by atoms with Gasteiger partial charge in [-0.15, -0.1) is 0 Å². The van der Waals surface area contributed by atoms with E-state index in [1.54, 1.807) is 0 Å². The van der Waals surface area contributed by atoms with Gasteiger partial charge in [-0.2, -0.15) is 0 Å². The van der Waals surface area contributed by atoms with Gasteiger partial charge in [0.05, 0.1) is 13.2 Å². The molecule has 2 unspecified atom stereocenters. The van der Waals surface area contributed by atoms with Crippen LogP contribution in [0.5, 0.6) is 0 Å². The lowest BCUT2D eigenvalue weighted by Crippen LogP contribution is -2.39. The van der Waals surface area contributed by atoms with E-state index >= 15 is 0 Å². The second-order valence-electron chi connectivity index (χ2n) is 6.43. The van der Waals surface area contributed by atoms with Crippen molar-refractivity contribution in [1.29, 1.82) is 0 Å². The van der Waals surface area contributed by atoms with Gasteiger partial charge in [-0.1, -0.05) is 60.7 Å². The molecule has 0 aromatic heterocycles. The molecule has 0 saturated heterocycles. The molecular weight excluding hydrogens is 310 g/mol. The van der Waals surface area contributed by atoms with Crippen LogP contribution in [0, 0.1) is 5.92 Å². The monoisotopic (exact) mass is 337 g/mol. The van der Waals surface area contributed by atoms with E-state index in [0.717, 1.165) is 19.0 Å². The van der Waals surface area contributed by atoms with Gasteiger partial charge in [0.1, 0.15) is 0 Å². The quantitative estimate of drug-likeness (QED) is 0.442. The highest BCUT2D eigenvalue weighted by Gasteiger charge is 2.37. The summed E-state index contributed by atoms with van der Waals surface area (Å²) in [6.45, 7) is 3.02. The largest absolute Gasteiger partial charge is 0.375 e. The Balaban J connectivity index is 1.29. The maximum Gasteiger partial charge on any atom is 0.191 e. The number of nitrogens with one attached hydrogen (secondary N) is 2. The van der Waals surface area contributed by atoms with Gasteiger partial charge in [-0.05, 0) is 29.4 Å². The summed E-state index contributed by atoms with van der Waals surface area (Å²) >= 11 is 0. The fourth-order valence-corrected chi connectivity index (χ4v) is 3.04. The van der Waals surface area contributed by atoms with Crippen LogP contribution >= 0.6 is 0 Å². The molecule has 0 aliphatic heterocycles. The predicted octanol–water partition coefficient (Wildman–Crippen LogP) is 3.17. The van der Waals surface area contributed by atoms with Gasteiger partial charge in [-0.25, -0.2) is 0 Å². The molecule has 1 saturated carbocycles. The summed E-state index contributed by atoms with van der Waals surface area (Å²) in [6.07, 6.45) is 1.26. The Labute approximate surface area is 150 Å². The standard InChI is InChI=1S/C21H27N3O/c1-22-21(23-12-13-25-16-17-8-4-2-5-9-17)24-15-19-14-20(19)18-10-6-3-7-11-18/h2-11,19-20H,12-16H2,1H3,(H2,22,23,24). The lowest BCUT2D eigenvalue weighted by molar-refractivity contribution is 0.125. The van der Waals surface area contributed by atoms with Crippen molar-refractivity contribution in [3.05, 3.63) is 71.8 Å². The maximum absolute atomic E-state index is 5.68. The molecule has 2 aromatic carbocycles. The molecular formula is C21H27N3O. The topological polar surface area (TPSA) is 45.7 Å². The minimum Gasteiger partial charge on any atom is -0.375 e. The van der Waals surface area contributed by atoms with Gasteiger partial charge in [0.15, 0.2) is 5.96 Å². The van der Waals surface area contributed by atoms with Crippen LogP contribution in [0.2, 0.25) is 0 Å². The predicted molar refractivity (Wildman–Crippen MR) is 103 cm³/mol. The van der Waals surface area contributed by atoms with Gasteiger partial charge < -0.3 is 15.4 Å². The second kappa shape index (κ2) is 9.23.